The molecule has 0 atom stereocenters. The number of rotatable bonds is 5. The summed E-state index contributed by atoms with van der Waals surface area (Å²) >= 11 is 0. The molecule has 1 aliphatic carbocycles. The van der Waals surface area contributed by atoms with E-state index in [2.05, 4.69) is 97.7 Å². The van der Waals surface area contributed by atoms with Crippen molar-refractivity contribution in [2.75, 3.05) is 0 Å². The van der Waals surface area contributed by atoms with Gasteiger partial charge in [-0.15, -0.1) is 10.2 Å². The molecule has 0 spiro atoms. The first kappa shape index (κ1) is 16.9. The maximum Gasteiger partial charge on any atom is 0.211 e. The maximum absolute atomic E-state index is 4.54. The molecular weight excluding hydrogens is 348 g/mol. The molecular formula is C22H23N6+. The lowest BCUT2D eigenvalue weighted by atomic mass is 10.1. The third kappa shape index (κ3) is 3.11. The van der Waals surface area contributed by atoms with Gasteiger partial charge in [0.1, 0.15) is 6.33 Å². The Labute approximate surface area is 164 Å². The molecule has 0 radical (unpaired) electrons. The van der Waals surface area contributed by atoms with E-state index in [-0.39, 0.29) is 0 Å². The van der Waals surface area contributed by atoms with E-state index >= 15 is 0 Å². The monoisotopic (exact) mass is 371 g/mol. The van der Waals surface area contributed by atoms with Crippen LogP contribution < -0.4 is 4.57 Å². The fourth-order valence-corrected chi connectivity index (χ4v) is 3.46. The van der Waals surface area contributed by atoms with Crippen LogP contribution in [0.5, 0.6) is 0 Å². The van der Waals surface area contributed by atoms with Gasteiger partial charge in [-0.1, -0.05) is 12.1 Å². The molecule has 0 amide bonds. The first-order valence-electron chi connectivity index (χ1n) is 9.75. The largest absolute Gasteiger partial charge is 0.311 e. The van der Waals surface area contributed by atoms with E-state index in [1.54, 1.807) is 6.33 Å². The van der Waals surface area contributed by atoms with E-state index in [1.165, 1.54) is 18.5 Å². The molecule has 0 aliphatic heterocycles. The minimum atomic E-state index is 0.316. The predicted octanol–water partition coefficient (Wildman–Crippen LogP) is 3.87. The summed E-state index contributed by atoms with van der Waals surface area (Å²) in [5.74, 6) is 1.56. The van der Waals surface area contributed by atoms with Crippen molar-refractivity contribution < 1.29 is 4.57 Å². The molecule has 4 aromatic rings. The van der Waals surface area contributed by atoms with Crippen LogP contribution in [0.4, 0.5) is 0 Å². The van der Waals surface area contributed by atoms with Crippen molar-refractivity contribution in [1.29, 1.82) is 0 Å². The number of benzene rings is 1. The first-order valence-corrected chi connectivity index (χ1v) is 9.75. The van der Waals surface area contributed by atoms with E-state index < -0.39 is 0 Å². The molecule has 28 heavy (non-hydrogen) atoms. The topological polar surface area (TPSA) is 52.4 Å². The average molecular weight is 371 g/mol. The summed E-state index contributed by atoms with van der Waals surface area (Å²) in [6.45, 7) is 4.27. The second kappa shape index (κ2) is 6.71. The van der Waals surface area contributed by atoms with Gasteiger partial charge in [0.05, 0.1) is 17.7 Å². The summed E-state index contributed by atoms with van der Waals surface area (Å²) in [5, 5.41) is 8.39. The van der Waals surface area contributed by atoms with Crippen molar-refractivity contribution in [1.82, 2.24) is 24.3 Å². The minimum absolute atomic E-state index is 0.316. The van der Waals surface area contributed by atoms with Gasteiger partial charge in [-0.05, 0) is 26.7 Å². The molecule has 0 unspecified atom stereocenters. The van der Waals surface area contributed by atoms with E-state index in [0.29, 0.717) is 12.0 Å². The molecule has 1 aromatic carbocycles. The minimum Gasteiger partial charge on any atom is -0.311 e. The highest BCUT2D eigenvalue weighted by molar-refractivity contribution is 5.57. The Balaban J connectivity index is 1.43. The Morgan fingerprint density at radius 1 is 1.07 bits per heavy atom. The van der Waals surface area contributed by atoms with E-state index in [0.717, 1.165) is 22.8 Å². The van der Waals surface area contributed by atoms with Gasteiger partial charge >= 0.3 is 0 Å². The summed E-state index contributed by atoms with van der Waals surface area (Å²) in [6.07, 6.45) is 12.6. The molecule has 1 fully saturated rings. The van der Waals surface area contributed by atoms with Gasteiger partial charge in [-0.2, -0.15) is 4.57 Å². The molecule has 140 valence electrons. The fraction of sp³-hybridized carbons (Fsp3) is 0.273. The van der Waals surface area contributed by atoms with Gasteiger partial charge < -0.3 is 9.13 Å². The summed E-state index contributed by atoms with van der Waals surface area (Å²) in [4.78, 5) is 4.54. The average Bonchev–Trinajstić information content (AvgIpc) is 3.25. The van der Waals surface area contributed by atoms with Crippen LogP contribution >= 0.6 is 0 Å². The highest BCUT2D eigenvalue weighted by atomic mass is 15.3. The van der Waals surface area contributed by atoms with Crippen molar-refractivity contribution in [3.05, 3.63) is 73.3 Å². The van der Waals surface area contributed by atoms with Gasteiger partial charge in [-0.3, -0.25) is 0 Å². The number of pyridine rings is 1. The summed E-state index contributed by atoms with van der Waals surface area (Å²) < 4.78 is 6.30. The molecule has 6 nitrogen and oxygen atoms in total. The second-order valence-electron chi connectivity index (χ2n) is 7.65. The SMILES string of the molecule is CC(C)n1cnnc1-c1cccc(-[n+]2ccc(-n3cnc(C4CC4)c3)cc2)c1. The van der Waals surface area contributed by atoms with E-state index in [9.17, 15) is 0 Å². The number of hydrogen-bond acceptors (Lipinski definition) is 3. The molecule has 0 saturated heterocycles. The van der Waals surface area contributed by atoms with Crippen molar-refractivity contribution in [3.63, 3.8) is 0 Å². The lowest BCUT2D eigenvalue weighted by Gasteiger charge is -2.10. The van der Waals surface area contributed by atoms with Crippen molar-refractivity contribution in [2.24, 2.45) is 0 Å². The highest BCUT2D eigenvalue weighted by Crippen LogP contribution is 2.39. The van der Waals surface area contributed by atoms with Crippen LogP contribution in [0.15, 0.2) is 67.6 Å². The number of nitrogens with zero attached hydrogens (tertiary/aromatic N) is 6. The zero-order chi connectivity index (χ0) is 19.1. The second-order valence-corrected chi connectivity index (χ2v) is 7.65. The van der Waals surface area contributed by atoms with Gasteiger partial charge in [-0.25, -0.2) is 4.98 Å². The smallest absolute Gasteiger partial charge is 0.211 e. The molecule has 5 rings (SSSR count). The number of aromatic nitrogens is 6. The normalized spacial score (nSPS) is 14.0. The third-order valence-corrected chi connectivity index (χ3v) is 5.24. The lowest BCUT2D eigenvalue weighted by Crippen LogP contribution is -2.29. The Hall–Kier alpha value is -3.28. The predicted molar refractivity (Wildman–Crippen MR) is 106 cm³/mol. The zero-order valence-electron chi connectivity index (χ0n) is 16.1. The molecule has 1 saturated carbocycles. The van der Waals surface area contributed by atoms with Crippen LogP contribution in [-0.4, -0.2) is 24.3 Å². The third-order valence-electron chi connectivity index (χ3n) is 5.24. The lowest BCUT2D eigenvalue weighted by molar-refractivity contribution is -0.595. The van der Waals surface area contributed by atoms with Crippen LogP contribution in [0.1, 0.15) is 44.3 Å². The molecule has 3 aromatic heterocycles. The molecule has 0 bridgehead atoms. The fourth-order valence-electron chi connectivity index (χ4n) is 3.46. The van der Waals surface area contributed by atoms with Gasteiger partial charge in [0.2, 0.25) is 5.69 Å². The summed E-state index contributed by atoms with van der Waals surface area (Å²) in [6, 6.07) is 12.9. The van der Waals surface area contributed by atoms with Crippen molar-refractivity contribution in [2.45, 2.75) is 38.6 Å². The van der Waals surface area contributed by atoms with Crippen LogP contribution in [0.25, 0.3) is 22.8 Å². The highest BCUT2D eigenvalue weighted by Gasteiger charge is 2.25. The molecule has 3 heterocycles. The van der Waals surface area contributed by atoms with Gasteiger partial charge in [0.15, 0.2) is 18.2 Å². The summed E-state index contributed by atoms with van der Waals surface area (Å²) in [7, 11) is 0. The Morgan fingerprint density at radius 3 is 2.64 bits per heavy atom. The maximum atomic E-state index is 4.54. The quantitative estimate of drug-likeness (QED) is 0.501. The van der Waals surface area contributed by atoms with Crippen LogP contribution in [0, 0.1) is 0 Å². The summed E-state index contributed by atoms with van der Waals surface area (Å²) in [5.41, 5.74) is 4.47. The Bertz CT molecular complexity index is 1100. The zero-order valence-corrected chi connectivity index (χ0v) is 16.1. The number of imidazole rings is 1. The first-order chi connectivity index (χ1) is 13.7. The van der Waals surface area contributed by atoms with Crippen molar-refractivity contribution >= 4 is 0 Å². The van der Waals surface area contributed by atoms with Crippen LogP contribution in [0.3, 0.4) is 0 Å². The van der Waals surface area contributed by atoms with Crippen molar-refractivity contribution in [3.8, 4) is 22.8 Å². The Kier molecular flexibility index (Phi) is 4.04. The van der Waals surface area contributed by atoms with Crippen LogP contribution in [-0.2, 0) is 0 Å². The van der Waals surface area contributed by atoms with Crippen LogP contribution in [0.2, 0.25) is 0 Å². The van der Waals surface area contributed by atoms with E-state index in [4.69, 9.17) is 0 Å². The van der Waals surface area contributed by atoms with E-state index in [1.807, 2.05) is 6.33 Å². The molecule has 1 aliphatic rings. The Morgan fingerprint density at radius 2 is 1.89 bits per heavy atom. The van der Waals surface area contributed by atoms with Gasteiger partial charge in [0, 0.05) is 48.0 Å². The molecule has 6 heteroatoms. The molecule has 0 N–H and O–H groups in total. The van der Waals surface area contributed by atoms with Gasteiger partial charge in [0.25, 0.3) is 0 Å². The standard InChI is InChI=1S/C22H23N6/c1-16(2)28-15-24-25-22(28)18-4-3-5-20(12-18)26-10-8-19(9-11-26)27-13-21(23-14-27)17-6-7-17/h3-5,8-17H,6-7H2,1-2H3/q+1. The number of hydrogen-bond donors (Lipinski definition) is 0.